The summed E-state index contributed by atoms with van der Waals surface area (Å²) in [6.07, 6.45) is -0.518. The van der Waals surface area contributed by atoms with Gasteiger partial charge < -0.3 is 4.74 Å². The third-order valence-corrected chi connectivity index (χ3v) is 7.61. The maximum absolute atomic E-state index is 13.8. The van der Waals surface area contributed by atoms with Crippen LogP contribution in [-0.4, -0.2) is 24.7 Å². The molecule has 0 saturated carbocycles. The highest BCUT2D eigenvalue weighted by molar-refractivity contribution is 7.88. The molecular formula is C28H33NO4S. The van der Waals surface area contributed by atoms with Gasteiger partial charge in [-0.15, -0.1) is 0 Å². The molecule has 0 fully saturated rings. The largest absolute Gasteiger partial charge is 0.456 e. The van der Waals surface area contributed by atoms with Gasteiger partial charge in [-0.3, -0.25) is 4.79 Å². The first-order valence-corrected chi connectivity index (χ1v) is 13.2. The lowest BCUT2D eigenvalue weighted by atomic mass is 10.0. The molecule has 0 aromatic heterocycles. The summed E-state index contributed by atoms with van der Waals surface area (Å²) in [6.45, 7) is 7.64. The molecule has 0 aliphatic carbocycles. The van der Waals surface area contributed by atoms with Gasteiger partial charge in [-0.25, -0.2) is 8.42 Å². The average molecular weight is 480 g/mol. The standard InChI is InChI=1S/C28H33NO4S/c1-5-27(30)33-28(26-14-10-7-11-15-26)23(4)29(19-24-12-8-6-9-13-24)34(31,32)20-25-17-21(2)16-22(3)18-25/h6-18,23,28H,5,19-20H2,1-4H3/t23-,28-/m0/s1. The normalized spacial score (nSPS) is 13.4. The number of ether oxygens (including phenoxy) is 1. The van der Waals surface area contributed by atoms with Crippen molar-refractivity contribution in [1.29, 1.82) is 0 Å². The van der Waals surface area contributed by atoms with Crippen molar-refractivity contribution in [2.24, 2.45) is 0 Å². The summed E-state index contributed by atoms with van der Waals surface area (Å²) < 4.78 is 35.0. The summed E-state index contributed by atoms with van der Waals surface area (Å²) in [6, 6.07) is 24.0. The second kappa shape index (κ2) is 11.4. The van der Waals surface area contributed by atoms with Crippen molar-refractivity contribution in [3.05, 3.63) is 107 Å². The molecule has 0 N–H and O–H groups in total. The van der Waals surface area contributed by atoms with Crippen LogP contribution >= 0.6 is 0 Å². The molecule has 0 aliphatic heterocycles. The molecule has 3 rings (SSSR count). The van der Waals surface area contributed by atoms with Crippen LogP contribution in [0, 0.1) is 13.8 Å². The van der Waals surface area contributed by atoms with Gasteiger partial charge in [0.25, 0.3) is 0 Å². The molecule has 180 valence electrons. The Bertz CT molecular complexity index is 1170. The van der Waals surface area contributed by atoms with Crippen LogP contribution in [0.4, 0.5) is 0 Å². The summed E-state index contributed by atoms with van der Waals surface area (Å²) in [5, 5.41) is 0. The van der Waals surface area contributed by atoms with Gasteiger partial charge in [-0.05, 0) is 37.5 Å². The zero-order chi connectivity index (χ0) is 24.7. The Morgan fingerprint density at radius 2 is 1.44 bits per heavy atom. The van der Waals surface area contributed by atoms with Crippen LogP contribution in [0.25, 0.3) is 0 Å². The maximum atomic E-state index is 13.8. The molecule has 0 spiro atoms. The third kappa shape index (κ3) is 6.78. The van der Waals surface area contributed by atoms with Gasteiger partial charge in [-0.2, -0.15) is 4.31 Å². The van der Waals surface area contributed by atoms with Crippen LogP contribution in [-0.2, 0) is 31.9 Å². The number of esters is 1. The first-order valence-electron chi connectivity index (χ1n) is 11.5. The minimum atomic E-state index is -3.76. The summed E-state index contributed by atoms with van der Waals surface area (Å²) >= 11 is 0. The predicted molar refractivity (Wildman–Crippen MR) is 136 cm³/mol. The van der Waals surface area contributed by atoms with Crippen molar-refractivity contribution in [2.75, 3.05) is 0 Å². The number of aryl methyl sites for hydroxylation is 2. The first-order chi connectivity index (χ1) is 16.2. The van der Waals surface area contributed by atoms with E-state index in [1.807, 2.05) is 99.6 Å². The molecule has 6 heteroatoms. The van der Waals surface area contributed by atoms with Gasteiger partial charge in [0.05, 0.1) is 11.8 Å². The molecule has 0 amide bonds. The minimum Gasteiger partial charge on any atom is -0.456 e. The van der Waals surface area contributed by atoms with E-state index >= 15 is 0 Å². The Hall–Kier alpha value is -2.96. The summed E-state index contributed by atoms with van der Waals surface area (Å²) in [7, 11) is -3.76. The number of nitrogens with zero attached hydrogens (tertiary/aromatic N) is 1. The highest BCUT2D eigenvalue weighted by Gasteiger charge is 2.35. The first kappa shape index (κ1) is 25.7. The molecule has 34 heavy (non-hydrogen) atoms. The van der Waals surface area contributed by atoms with Crippen molar-refractivity contribution in [3.63, 3.8) is 0 Å². The van der Waals surface area contributed by atoms with Crippen LogP contribution in [0.15, 0.2) is 78.9 Å². The molecule has 0 heterocycles. The molecule has 0 bridgehead atoms. The Balaban J connectivity index is 2.03. The van der Waals surface area contributed by atoms with Gasteiger partial charge in [0, 0.05) is 13.0 Å². The fourth-order valence-electron chi connectivity index (χ4n) is 4.17. The summed E-state index contributed by atoms with van der Waals surface area (Å²) in [4.78, 5) is 12.3. The summed E-state index contributed by atoms with van der Waals surface area (Å²) in [5.41, 5.74) is 4.41. The SMILES string of the molecule is CCC(=O)O[C@H](c1ccccc1)[C@H](C)N(Cc1ccccc1)S(=O)(=O)Cc1cc(C)cc(C)c1. The van der Waals surface area contributed by atoms with E-state index in [0.29, 0.717) is 0 Å². The van der Waals surface area contributed by atoms with Crippen LogP contribution in [0.2, 0.25) is 0 Å². The lowest BCUT2D eigenvalue weighted by Crippen LogP contribution is -2.43. The Morgan fingerprint density at radius 1 is 0.882 bits per heavy atom. The molecule has 2 atom stereocenters. The summed E-state index contributed by atoms with van der Waals surface area (Å²) in [5.74, 6) is -0.497. The van der Waals surface area contributed by atoms with E-state index in [2.05, 4.69) is 0 Å². The number of benzene rings is 3. The lowest BCUT2D eigenvalue weighted by Gasteiger charge is -2.34. The number of hydrogen-bond donors (Lipinski definition) is 0. The van der Waals surface area contributed by atoms with E-state index < -0.39 is 22.2 Å². The highest BCUT2D eigenvalue weighted by Crippen LogP contribution is 2.30. The van der Waals surface area contributed by atoms with Crippen molar-refractivity contribution in [2.45, 2.75) is 58.6 Å². The van der Waals surface area contributed by atoms with Crippen molar-refractivity contribution in [3.8, 4) is 0 Å². The number of sulfonamides is 1. The van der Waals surface area contributed by atoms with Crippen LogP contribution < -0.4 is 0 Å². The van der Waals surface area contributed by atoms with Crippen molar-refractivity contribution in [1.82, 2.24) is 4.31 Å². The van der Waals surface area contributed by atoms with Gasteiger partial charge in [-0.1, -0.05) is 96.9 Å². The zero-order valence-electron chi connectivity index (χ0n) is 20.3. The van der Waals surface area contributed by atoms with Crippen molar-refractivity contribution < 1.29 is 17.9 Å². The Labute approximate surface area is 203 Å². The second-order valence-corrected chi connectivity index (χ2v) is 10.6. The Morgan fingerprint density at radius 3 is 2.00 bits per heavy atom. The van der Waals surface area contributed by atoms with E-state index in [0.717, 1.165) is 27.8 Å². The van der Waals surface area contributed by atoms with E-state index in [-0.39, 0.29) is 24.7 Å². The molecule has 0 radical (unpaired) electrons. The molecule has 0 aliphatic rings. The average Bonchev–Trinajstić information content (AvgIpc) is 2.80. The lowest BCUT2D eigenvalue weighted by molar-refractivity contribution is -0.151. The van der Waals surface area contributed by atoms with Gasteiger partial charge in [0.15, 0.2) is 0 Å². The highest BCUT2D eigenvalue weighted by atomic mass is 32.2. The van der Waals surface area contributed by atoms with Crippen LogP contribution in [0.5, 0.6) is 0 Å². The maximum Gasteiger partial charge on any atom is 0.306 e. The number of rotatable bonds is 10. The fourth-order valence-corrected chi connectivity index (χ4v) is 5.89. The zero-order valence-corrected chi connectivity index (χ0v) is 21.1. The molecule has 3 aromatic rings. The predicted octanol–water partition coefficient (Wildman–Crippen LogP) is 5.72. The molecule has 3 aromatic carbocycles. The molecule has 0 saturated heterocycles. The van der Waals surface area contributed by atoms with Gasteiger partial charge in [0.1, 0.15) is 6.10 Å². The topological polar surface area (TPSA) is 63.7 Å². The van der Waals surface area contributed by atoms with Crippen LogP contribution in [0.1, 0.15) is 54.2 Å². The minimum absolute atomic E-state index is 0.129. The van der Waals surface area contributed by atoms with E-state index in [9.17, 15) is 13.2 Å². The van der Waals surface area contributed by atoms with Gasteiger partial charge >= 0.3 is 5.97 Å². The Kier molecular flexibility index (Phi) is 8.64. The smallest absolute Gasteiger partial charge is 0.306 e. The molecule has 0 unspecified atom stereocenters. The van der Waals surface area contributed by atoms with E-state index in [1.54, 1.807) is 6.92 Å². The quantitative estimate of drug-likeness (QED) is 0.349. The molecular weight excluding hydrogens is 446 g/mol. The van der Waals surface area contributed by atoms with E-state index in [4.69, 9.17) is 4.74 Å². The monoisotopic (exact) mass is 479 g/mol. The van der Waals surface area contributed by atoms with E-state index in [1.165, 1.54) is 4.31 Å². The second-order valence-electron chi connectivity index (χ2n) is 8.70. The number of carbonyl (C=O) groups is 1. The number of carbonyl (C=O) groups excluding carboxylic acids is 1. The third-order valence-electron chi connectivity index (χ3n) is 5.74. The fraction of sp³-hybridized carbons (Fsp3) is 0.321. The van der Waals surface area contributed by atoms with Gasteiger partial charge in [0.2, 0.25) is 10.0 Å². The van der Waals surface area contributed by atoms with Crippen molar-refractivity contribution >= 4 is 16.0 Å². The number of hydrogen-bond acceptors (Lipinski definition) is 4. The molecule has 5 nitrogen and oxygen atoms in total. The van der Waals surface area contributed by atoms with Crippen LogP contribution in [0.3, 0.4) is 0 Å².